The van der Waals surface area contributed by atoms with E-state index in [1.165, 1.54) is 12.1 Å². The number of rotatable bonds is 1. The van der Waals surface area contributed by atoms with E-state index in [1.807, 2.05) is 0 Å². The van der Waals surface area contributed by atoms with Crippen molar-refractivity contribution in [3.63, 3.8) is 0 Å². The van der Waals surface area contributed by atoms with E-state index in [4.69, 9.17) is 27.9 Å². The number of hydrogen-bond donors (Lipinski definition) is 1. The fraction of sp³-hybridized carbons (Fsp3) is 0.222. The highest BCUT2D eigenvalue weighted by Gasteiger charge is 2.41. The van der Waals surface area contributed by atoms with Crippen LogP contribution in [0.3, 0.4) is 0 Å². The topological polar surface area (TPSA) is 38.3 Å². The van der Waals surface area contributed by atoms with Crippen LogP contribution in [-0.2, 0) is 4.79 Å². The summed E-state index contributed by atoms with van der Waals surface area (Å²) in [5.74, 6) is -0.290. The van der Waals surface area contributed by atoms with Gasteiger partial charge in [-0.3, -0.25) is 0 Å². The molecule has 2 rings (SSSR count). The Morgan fingerprint density at radius 1 is 1.53 bits per heavy atom. The molecule has 0 amide bonds. The molecule has 0 fully saturated rings. The van der Waals surface area contributed by atoms with Crippen LogP contribution in [0.15, 0.2) is 18.2 Å². The van der Waals surface area contributed by atoms with E-state index in [0.29, 0.717) is 12.0 Å². The second-order valence-corrected chi connectivity index (χ2v) is 4.38. The summed E-state index contributed by atoms with van der Waals surface area (Å²) in [5, 5.41) is 2.74. The van der Waals surface area contributed by atoms with Gasteiger partial charge in [0.05, 0.1) is 5.69 Å². The molecule has 3 nitrogen and oxygen atoms in total. The van der Waals surface area contributed by atoms with Crippen molar-refractivity contribution in [3.8, 4) is 5.75 Å². The monoisotopic (exact) mass is 249 g/mol. The average Bonchev–Trinajstić information content (AvgIpc) is 2.15. The van der Waals surface area contributed by atoms with Crippen LogP contribution >= 0.6 is 23.2 Å². The van der Waals surface area contributed by atoms with Gasteiger partial charge in [-0.1, -0.05) is 23.2 Å². The molecule has 1 atom stereocenters. The second kappa shape index (κ2) is 3.54. The Kier molecular flexibility index (Phi) is 2.48. The van der Waals surface area contributed by atoms with Crippen molar-refractivity contribution >= 4 is 35.2 Å². The molecular formula is C9H6Cl2FNO2. The van der Waals surface area contributed by atoms with Gasteiger partial charge in [-0.25, -0.2) is 4.39 Å². The molecule has 0 aromatic heterocycles. The fourth-order valence-corrected chi connectivity index (χ4v) is 1.65. The quantitative estimate of drug-likeness (QED) is 0.614. The summed E-state index contributed by atoms with van der Waals surface area (Å²) in [6, 6.07) is 2.94. The molecule has 0 radical (unpaired) electrons. The Balaban J connectivity index is 2.42. The van der Waals surface area contributed by atoms with Gasteiger partial charge in [-0.15, -0.1) is 0 Å². The predicted molar refractivity (Wildman–Crippen MR) is 54.9 cm³/mol. The molecular weight excluding hydrogens is 244 g/mol. The fourth-order valence-electron chi connectivity index (χ4n) is 1.27. The highest BCUT2D eigenvalue weighted by atomic mass is 35.5. The van der Waals surface area contributed by atoms with Crippen molar-refractivity contribution in [1.82, 2.24) is 0 Å². The Morgan fingerprint density at radius 2 is 2.27 bits per heavy atom. The first-order valence-corrected chi connectivity index (χ1v) is 4.87. The molecule has 0 saturated carbocycles. The SMILES string of the molecule is O=CC1Nc2ccc(F)cc2OC1(Cl)Cl. The van der Waals surface area contributed by atoms with Gasteiger partial charge in [0.2, 0.25) is 0 Å². The minimum absolute atomic E-state index is 0.179. The number of fused-ring (bicyclic) bond motifs is 1. The predicted octanol–water partition coefficient (Wildman–Crippen LogP) is 2.33. The number of carbonyl (C=O) groups is 1. The van der Waals surface area contributed by atoms with Crippen molar-refractivity contribution in [2.45, 2.75) is 10.6 Å². The number of halogens is 3. The van der Waals surface area contributed by atoms with Crippen molar-refractivity contribution < 1.29 is 13.9 Å². The summed E-state index contributed by atoms with van der Waals surface area (Å²) in [5.41, 5.74) is 0.477. The third-order valence-electron chi connectivity index (χ3n) is 2.00. The van der Waals surface area contributed by atoms with Crippen LogP contribution in [-0.4, -0.2) is 16.8 Å². The zero-order valence-corrected chi connectivity index (χ0v) is 8.85. The minimum atomic E-state index is -1.72. The van der Waals surface area contributed by atoms with Gasteiger partial charge in [0, 0.05) is 6.07 Å². The normalized spacial score (nSPS) is 22.2. The molecule has 15 heavy (non-hydrogen) atoms. The molecule has 1 aliphatic rings. The molecule has 0 bridgehead atoms. The summed E-state index contributed by atoms with van der Waals surface area (Å²) in [6.07, 6.45) is 0.534. The number of hydrogen-bond acceptors (Lipinski definition) is 3. The molecule has 6 heteroatoms. The highest BCUT2D eigenvalue weighted by Crippen LogP contribution is 2.40. The lowest BCUT2D eigenvalue weighted by Crippen LogP contribution is -2.46. The Morgan fingerprint density at radius 3 is 2.93 bits per heavy atom. The van der Waals surface area contributed by atoms with Crippen LogP contribution < -0.4 is 10.1 Å². The molecule has 0 saturated heterocycles. The van der Waals surface area contributed by atoms with Gasteiger partial charge in [0.1, 0.15) is 17.9 Å². The summed E-state index contributed by atoms with van der Waals surface area (Å²) in [4.78, 5) is 10.7. The number of alkyl halides is 2. The van der Waals surface area contributed by atoms with Crippen molar-refractivity contribution in [2.75, 3.05) is 5.32 Å². The number of ether oxygens (including phenoxy) is 1. The van der Waals surface area contributed by atoms with E-state index in [1.54, 1.807) is 0 Å². The molecule has 1 heterocycles. The smallest absolute Gasteiger partial charge is 0.285 e. The van der Waals surface area contributed by atoms with Gasteiger partial charge in [-0.2, -0.15) is 0 Å². The Hall–Kier alpha value is -1.000. The maximum absolute atomic E-state index is 12.9. The summed E-state index contributed by atoms with van der Waals surface area (Å²) >= 11 is 11.5. The molecule has 1 aromatic carbocycles. The van der Waals surface area contributed by atoms with Crippen LogP contribution in [0, 0.1) is 5.82 Å². The van der Waals surface area contributed by atoms with Gasteiger partial charge in [0.25, 0.3) is 4.52 Å². The molecule has 0 aliphatic carbocycles. The van der Waals surface area contributed by atoms with E-state index in [-0.39, 0.29) is 5.75 Å². The molecule has 1 N–H and O–H groups in total. The first kappa shape index (κ1) is 10.5. The highest BCUT2D eigenvalue weighted by molar-refractivity contribution is 6.49. The standard InChI is InChI=1S/C9H6Cl2FNO2/c10-9(11)8(4-14)13-6-2-1-5(12)3-7(6)15-9/h1-4,8,13H. The van der Waals surface area contributed by atoms with Crippen molar-refractivity contribution in [1.29, 1.82) is 0 Å². The van der Waals surface area contributed by atoms with Crippen LogP contribution in [0.4, 0.5) is 10.1 Å². The Bertz CT molecular complexity index is 411. The minimum Gasteiger partial charge on any atom is -0.453 e. The summed E-state index contributed by atoms with van der Waals surface area (Å²) in [6.45, 7) is 0. The number of nitrogens with one attached hydrogen (secondary N) is 1. The van der Waals surface area contributed by atoms with E-state index >= 15 is 0 Å². The zero-order valence-electron chi connectivity index (χ0n) is 7.34. The van der Waals surface area contributed by atoms with Crippen LogP contribution in [0.25, 0.3) is 0 Å². The lowest BCUT2D eigenvalue weighted by atomic mass is 10.2. The van der Waals surface area contributed by atoms with Crippen molar-refractivity contribution in [3.05, 3.63) is 24.0 Å². The first-order chi connectivity index (χ1) is 7.03. The maximum atomic E-state index is 12.9. The van der Waals surface area contributed by atoms with Gasteiger partial charge < -0.3 is 14.8 Å². The third-order valence-corrected chi connectivity index (χ3v) is 2.62. The largest absolute Gasteiger partial charge is 0.453 e. The van der Waals surface area contributed by atoms with Gasteiger partial charge in [0.15, 0.2) is 6.04 Å². The third kappa shape index (κ3) is 1.87. The van der Waals surface area contributed by atoms with E-state index in [2.05, 4.69) is 5.32 Å². The molecule has 1 aliphatic heterocycles. The number of anilines is 1. The average molecular weight is 250 g/mol. The Labute approximate surface area is 95.1 Å². The van der Waals surface area contributed by atoms with E-state index in [0.717, 1.165) is 6.07 Å². The number of carbonyl (C=O) groups excluding carboxylic acids is 1. The molecule has 0 spiro atoms. The molecule has 80 valence electrons. The van der Waals surface area contributed by atoms with Gasteiger partial charge >= 0.3 is 0 Å². The van der Waals surface area contributed by atoms with Crippen LogP contribution in [0.2, 0.25) is 0 Å². The maximum Gasteiger partial charge on any atom is 0.285 e. The number of aldehydes is 1. The molecule has 1 unspecified atom stereocenters. The first-order valence-electron chi connectivity index (χ1n) is 4.11. The van der Waals surface area contributed by atoms with Crippen LogP contribution in [0.5, 0.6) is 5.75 Å². The van der Waals surface area contributed by atoms with E-state index in [9.17, 15) is 9.18 Å². The van der Waals surface area contributed by atoms with Gasteiger partial charge in [-0.05, 0) is 12.1 Å². The summed E-state index contributed by atoms with van der Waals surface area (Å²) < 4.78 is 16.2. The second-order valence-electron chi connectivity index (χ2n) is 3.06. The zero-order chi connectivity index (χ0) is 11.1. The van der Waals surface area contributed by atoms with Crippen molar-refractivity contribution in [2.24, 2.45) is 0 Å². The number of benzene rings is 1. The lowest BCUT2D eigenvalue weighted by molar-refractivity contribution is -0.109. The lowest BCUT2D eigenvalue weighted by Gasteiger charge is -2.33. The van der Waals surface area contributed by atoms with Crippen LogP contribution in [0.1, 0.15) is 0 Å². The van der Waals surface area contributed by atoms with E-state index < -0.39 is 16.4 Å². The summed E-state index contributed by atoms with van der Waals surface area (Å²) in [7, 11) is 0. The molecule has 1 aromatic rings.